The number of anilines is 1. The molecule has 0 aliphatic rings. The second-order valence-electron chi connectivity index (χ2n) is 8.06. The van der Waals surface area contributed by atoms with Crippen LogP contribution in [0, 0.1) is 19.8 Å². The molecule has 7 nitrogen and oxygen atoms in total. The molecule has 1 N–H and O–H groups in total. The van der Waals surface area contributed by atoms with Crippen molar-refractivity contribution in [3.8, 4) is 5.13 Å². The number of aromatic nitrogens is 2. The van der Waals surface area contributed by atoms with Crippen molar-refractivity contribution < 1.29 is 19.1 Å². The van der Waals surface area contributed by atoms with Gasteiger partial charge in [-0.25, -0.2) is 9.78 Å². The summed E-state index contributed by atoms with van der Waals surface area (Å²) in [5.41, 5.74) is 3.87. The number of benzene rings is 1. The van der Waals surface area contributed by atoms with Crippen molar-refractivity contribution in [1.29, 1.82) is 0 Å². The van der Waals surface area contributed by atoms with E-state index in [9.17, 15) is 14.4 Å². The van der Waals surface area contributed by atoms with Crippen molar-refractivity contribution >= 4 is 40.8 Å². The number of Topliss-reactive ketones (excluding diaryl/α,β-unsaturated/α-hetero) is 1. The third kappa shape index (κ3) is 6.49. The van der Waals surface area contributed by atoms with Crippen LogP contribution in [0.1, 0.15) is 47.6 Å². The van der Waals surface area contributed by atoms with Crippen LogP contribution >= 0.6 is 11.3 Å². The first-order valence-electron chi connectivity index (χ1n) is 10.6. The minimum atomic E-state index is -0.597. The van der Waals surface area contributed by atoms with Crippen LogP contribution < -0.4 is 5.32 Å². The minimum absolute atomic E-state index is 0.0720. The number of aryl methyl sites for hydroxylation is 1. The maximum atomic E-state index is 12.3. The van der Waals surface area contributed by atoms with Gasteiger partial charge < -0.3 is 10.1 Å². The van der Waals surface area contributed by atoms with Gasteiger partial charge in [-0.2, -0.15) is 0 Å². The summed E-state index contributed by atoms with van der Waals surface area (Å²) >= 11 is 1.54. The number of hydrogen-bond acceptors (Lipinski definition) is 6. The first-order valence-corrected chi connectivity index (χ1v) is 11.5. The molecular formula is C25H27N3O4S. The summed E-state index contributed by atoms with van der Waals surface area (Å²) in [4.78, 5) is 40.6. The molecular weight excluding hydrogens is 438 g/mol. The molecule has 0 atom stereocenters. The summed E-state index contributed by atoms with van der Waals surface area (Å²) in [6.07, 6.45) is 5.17. The van der Waals surface area contributed by atoms with Crippen LogP contribution in [0.25, 0.3) is 11.2 Å². The molecule has 8 heteroatoms. The van der Waals surface area contributed by atoms with Crippen LogP contribution in [0.5, 0.6) is 0 Å². The molecule has 172 valence electrons. The molecule has 1 amide bonds. The fourth-order valence-electron chi connectivity index (χ4n) is 3.33. The van der Waals surface area contributed by atoms with E-state index in [1.54, 1.807) is 36.5 Å². The Morgan fingerprint density at radius 3 is 2.55 bits per heavy atom. The summed E-state index contributed by atoms with van der Waals surface area (Å²) in [7, 11) is 0. The highest BCUT2D eigenvalue weighted by Gasteiger charge is 2.12. The SMILES string of the molecule is Cc1cc(/C=C/C(=O)OCC(=O)c2ccc(NC(=O)CC(C)C)cc2)c(C)n1-c1nccs1. The van der Waals surface area contributed by atoms with Gasteiger partial charge in [-0.1, -0.05) is 13.8 Å². The second kappa shape index (κ2) is 10.9. The molecule has 2 aromatic heterocycles. The van der Waals surface area contributed by atoms with Gasteiger partial charge in [-0.3, -0.25) is 14.2 Å². The molecule has 0 aliphatic heterocycles. The maximum absolute atomic E-state index is 12.3. The number of hydrogen-bond donors (Lipinski definition) is 1. The number of nitrogens with zero attached hydrogens (tertiary/aromatic N) is 2. The average molecular weight is 466 g/mol. The highest BCUT2D eigenvalue weighted by molar-refractivity contribution is 7.12. The monoisotopic (exact) mass is 465 g/mol. The number of ketones is 1. The highest BCUT2D eigenvalue weighted by Crippen LogP contribution is 2.23. The number of nitrogens with one attached hydrogen (secondary N) is 1. The van der Waals surface area contributed by atoms with Gasteiger partial charge in [0.15, 0.2) is 17.5 Å². The minimum Gasteiger partial charge on any atom is -0.454 e. The number of ether oxygens (including phenoxy) is 1. The van der Waals surface area contributed by atoms with E-state index in [1.807, 2.05) is 43.7 Å². The lowest BCUT2D eigenvalue weighted by molar-refractivity contribution is -0.136. The number of carbonyl (C=O) groups is 3. The van der Waals surface area contributed by atoms with Crippen molar-refractivity contribution in [1.82, 2.24) is 9.55 Å². The van der Waals surface area contributed by atoms with Crippen molar-refractivity contribution in [3.63, 3.8) is 0 Å². The summed E-state index contributed by atoms with van der Waals surface area (Å²) in [5.74, 6) is -0.726. The van der Waals surface area contributed by atoms with Gasteiger partial charge in [-0.05, 0) is 61.7 Å². The van der Waals surface area contributed by atoms with E-state index in [-0.39, 0.29) is 24.2 Å². The van der Waals surface area contributed by atoms with Gasteiger partial charge in [0.25, 0.3) is 0 Å². The van der Waals surface area contributed by atoms with Crippen LogP contribution in [-0.2, 0) is 14.3 Å². The lowest BCUT2D eigenvalue weighted by Crippen LogP contribution is -2.14. The first kappa shape index (κ1) is 24.1. The Bertz CT molecular complexity index is 1160. The van der Waals surface area contributed by atoms with Crippen LogP contribution in [0.2, 0.25) is 0 Å². The Kier molecular flexibility index (Phi) is 7.95. The number of carbonyl (C=O) groups excluding carboxylic acids is 3. The Labute approximate surface area is 197 Å². The van der Waals surface area contributed by atoms with Gasteiger partial charge in [0.05, 0.1) is 0 Å². The van der Waals surface area contributed by atoms with Crippen molar-refractivity contribution in [2.45, 2.75) is 34.1 Å². The Balaban J connectivity index is 1.54. The zero-order chi connectivity index (χ0) is 24.0. The fourth-order valence-corrected chi connectivity index (χ4v) is 4.08. The van der Waals surface area contributed by atoms with E-state index in [0.29, 0.717) is 17.7 Å². The Hall–Kier alpha value is -3.52. The van der Waals surface area contributed by atoms with E-state index >= 15 is 0 Å². The third-order valence-electron chi connectivity index (χ3n) is 4.91. The smallest absolute Gasteiger partial charge is 0.331 e. The molecule has 0 fully saturated rings. The van der Waals surface area contributed by atoms with Crippen LogP contribution in [0.3, 0.4) is 0 Å². The molecule has 0 unspecified atom stereocenters. The predicted octanol–water partition coefficient (Wildman–Crippen LogP) is 4.97. The lowest BCUT2D eigenvalue weighted by atomic mass is 10.1. The standard InChI is InChI=1S/C25H27N3O4S/c1-16(2)13-23(30)27-21-8-5-19(6-9-21)22(29)15-32-24(31)10-7-20-14-17(3)28(18(20)4)25-26-11-12-33-25/h5-12,14,16H,13,15H2,1-4H3,(H,27,30)/b10-7+. The molecule has 0 saturated carbocycles. The zero-order valence-electron chi connectivity index (χ0n) is 19.1. The lowest BCUT2D eigenvalue weighted by Gasteiger charge is -2.08. The number of esters is 1. The molecule has 0 saturated heterocycles. The van der Waals surface area contributed by atoms with Crippen molar-refractivity contribution in [2.24, 2.45) is 5.92 Å². The molecule has 0 radical (unpaired) electrons. The zero-order valence-corrected chi connectivity index (χ0v) is 19.9. The summed E-state index contributed by atoms with van der Waals surface area (Å²) in [6, 6.07) is 8.49. The normalized spacial score (nSPS) is 11.2. The molecule has 0 aliphatic carbocycles. The van der Waals surface area contributed by atoms with E-state index in [2.05, 4.69) is 10.3 Å². The molecule has 0 bridgehead atoms. The third-order valence-corrected chi connectivity index (χ3v) is 5.67. The average Bonchev–Trinajstić information content (AvgIpc) is 3.38. The maximum Gasteiger partial charge on any atom is 0.331 e. The van der Waals surface area contributed by atoms with E-state index in [0.717, 1.165) is 22.1 Å². The second-order valence-corrected chi connectivity index (χ2v) is 8.94. The molecule has 3 rings (SSSR count). The summed E-state index contributed by atoms with van der Waals surface area (Å²) < 4.78 is 7.13. The van der Waals surface area contributed by atoms with E-state index in [4.69, 9.17) is 4.74 Å². The van der Waals surface area contributed by atoms with E-state index < -0.39 is 5.97 Å². The number of rotatable bonds is 9. The first-order chi connectivity index (χ1) is 15.7. The van der Waals surface area contributed by atoms with Crippen LogP contribution in [-0.4, -0.2) is 33.8 Å². The van der Waals surface area contributed by atoms with Gasteiger partial charge in [-0.15, -0.1) is 11.3 Å². The highest BCUT2D eigenvalue weighted by atomic mass is 32.1. The summed E-state index contributed by atoms with van der Waals surface area (Å²) in [6.45, 7) is 7.51. The molecule has 1 aromatic carbocycles. The fraction of sp³-hybridized carbons (Fsp3) is 0.280. The van der Waals surface area contributed by atoms with Crippen molar-refractivity contribution in [3.05, 3.63) is 70.5 Å². The van der Waals surface area contributed by atoms with E-state index in [1.165, 1.54) is 17.4 Å². The van der Waals surface area contributed by atoms with Gasteiger partial charge in [0.1, 0.15) is 0 Å². The van der Waals surface area contributed by atoms with Crippen LogP contribution in [0.15, 0.2) is 48.0 Å². The molecule has 2 heterocycles. The molecule has 0 spiro atoms. The van der Waals surface area contributed by atoms with Crippen LogP contribution in [0.4, 0.5) is 5.69 Å². The molecule has 33 heavy (non-hydrogen) atoms. The van der Waals surface area contributed by atoms with Gasteiger partial charge in [0, 0.05) is 46.7 Å². The van der Waals surface area contributed by atoms with Gasteiger partial charge >= 0.3 is 5.97 Å². The predicted molar refractivity (Wildman–Crippen MR) is 130 cm³/mol. The Morgan fingerprint density at radius 1 is 1.18 bits per heavy atom. The number of amides is 1. The number of thiazole rings is 1. The quantitative estimate of drug-likeness (QED) is 0.274. The summed E-state index contributed by atoms with van der Waals surface area (Å²) in [5, 5.41) is 5.57. The van der Waals surface area contributed by atoms with Gasteiger partial charge in [0.2, 0.25) is 5.91 Å². The van der Waals surface area contributed by atoms with Crippen molar-refractivity contribution in [2.75, 3.05) is 11.9 Å². The topological polar surface area (TPSA) is 90.3 Å². The Morgan fingerprint density at radius 2 is 1.91 bits per heavy atom. The molecule has 3 aromatic rings. The largest absolute Gasteiger partial charge is 0.454 e.